The van der Waals surface area contributed by atoms with E-state index in [9.17, 15) is 4.39 Å². The molecule has 3 nitrogen and oxygen atoms in total. The number of benzene rings is 2. The van der Waals surface area contributed by atoms with Gasteiger partial charge in [0, 0.05) is 5.56 Å². The first kappa shape index (κ1) is 15.0. The molecule has 0 aliphatic rings. The number of nitrogens with one attached hydrogen (secondary N) is 1. The zero-order valence-electron chi connectivity index (χ0n) is 12.2. The van der Waals surface area contributed by atoms with Crippen LogP contribution < -0.4 is 10.5 Å². The molecule has 110 valence electrons. The summed E-state index contributed by atoms with van der Waals surface area (Å²) < 4.78 is 19.1. The van der Waals surface area contributed by atoms with Crippen molar-refractivity contribution < 1.29 is 9.13 Å². The van der Waals surface area contributed by atoms with Crippen LogP contribution in [0.25, 0.3) is 0 Å². The van der Waals surface area contributed by atoms with Gasteiger partial charge in [-0.15, -0.1) is 0 Å². The molecule has 3 N–H and O–H groups in total. The molecular formula is C17H19FN2O. The van der Waals surface area contributed by atoms with E-state index >= 15 is 0 Å². The molecule has 0 aliphatic carbocycles. The van der Waals surface area contributed by atoms with Gasteiger partial charge >= 0.3 is 0 Å². The minimum absolute atomic E-state index is 0.156. The first-order valence-electron chi connectivity index (χ1n) is 6.82. The molecule has 0 atom stereocenters. The van der Waals surface area contributed by atoms with Crippen molar-refractivity contribution in [3.05, 3.63) is 65.0 Å². The molecule has 0 aliphatic heterocycles. The topological polar surface area (TPSA) is 59.1 Å². The average molecular weight is 286 g/mol. The number of rotatable bonds is 5. The molecule has 0 bridgehead atoms. The Kier molecular flexibility index (Phi) is 4.58. The minimum atomic E-state index is -0.420. The first-order chi connectivity index (χ1) is 9.95. The smallest absolute Gasteiger partial charge is 0.124 e. The van der Waals surface area contributed by atoms with Crippen LogP contribution in [0, 0.1) is 11.2 Å². The maximum absolute atomic E-state index is 13.4. The van der Waals surface area contributed by atoms with Crippen LogP contribution >= 0.6 is 0 Å². The van der Waals surface area contributed by atoms with Crippen molar-refractivity contribution in [2.45, 2.75) is 26.4 Å². The molecule has 0 aromatic heterocycles. The number of hydrogen-bond donors (Lipinski definition) is 2. The summed E-state index contributed by atoms with van der Waals surface area (Å²) in [4.78, 5) is 0. The van der Waals surface area contributed by atoms with Crippen molar-refractivity contribution in [3.63, 3.8) is 0 Å². The highest BCUT2D eigenvalue weighted by atomic mass is 19.1. The van der Waals surface area contributed by atoms with Crippen molar-refractivity contribution in [3.8, 4) is 5.75 Å². The Morgan fingerprint density at radius 2 is 1.86 bits per heavy atom. The number of halogens is 1. The van der Waals surface area contributed by atoms with E-state index in [1.165, 1.54) is 17.7 Å². The second kappa shape index (κ2) is 6.39. The third-order valence-electron chi connectivity index (χ3n) is 3.22. The van der Waals surface area contributed by atoms with E-state index in [1.807, 2.05) is 24.3 Å². The molecule has 0 saturated heterocycles. The molecule has 2 aromatic rings. The predicted octanol–water partition coefficient (Wildman–Crippen LogP) is 3.81. The van der Waals surface area contributed by atoms with Crippen LogP contribution in [0.4, 0.5) is 4.39 Å². The monoisotopic (exact) mass is 286 g/mol. The van der Waals surface area contributed by atoms with Crippen LogP contribution in [0.3, 0.4) is 0 Å². The molecule has 0 saturated carbocycles. The van der Waals surface area contributed by atoms with Crippen LogP contribution in [0.2, 0.25) is 0 Å². The summed E-state index contributed by atoms with van der Waals surface area (Å²) in [6, 6.07) is 12.1. The highest BCUT2D eigenvalue weighted by Gasteiger charge is 2.05. The van der Waals surface area contributed by atoms with Gasteiger partial charge in [-0.1, -0.05) is 26.0 Å². The van der Waals surface area contributed by atoms with E-state index in [4.69, 9.17) is 15.9 Å². The SMILES string of the molecule is CC(C)c1ccc(OCc2cc(F)cc(C(=N)N)c2)cc1. The van der Waals surface area contributed by atoms with Crippen molar-refractivity contribution in [1.29, 1.82) is 5.41 Å². The van der Waals surface area contributed by atoms with Crippen molar-refractivity contribution in [2.24, 2.45) is 5.73 Å². The van der Waals surface area contributed by atoms with Gasteiger partial charge in [0.15, 0.2) is 0 Å². The molecule has 0 amide bonds. The van der Waals surface area contributed by atoms with Crippen LogP contribution in [-0.2, 0) is 6.61 Å². The van der Waals surface area contributed by atoms with Crippen molar-refractivity contribution in [1.82, 2.24) is 0 Å². The van der Waals surface area contributed by atoms with Crippen molar-refractivity contribution in [2.75, 3.05) is 0 Å². The van der Waals surface area contributed by atoms with Gasteiger partial charge in [-0.05, 0) is 47.4 Å². The summed E-state index contributed by atoms with van der Waals surface area (Å²) >= 11 is 0. The summed E-state index contributed by atoms with van der Waals surface area (Å²) in [5, 5.41) is 7.36. The van der Waals surface area contributed by atoms with Crippen LogP contribution in [0.1, 0.15) is 36.5 Å². The fourth-order valence-corrected chi connectivity index (χ4v) is 2.00. The fourth-order valence-electron chi connectivity index (χ4n) is 2.00. The Bertz CT molecular complexity index is 636. The standard InChI is InChI=1S/C17H19FN2O/c1-11(2)13-3-5-16(6-4-13)21-10-12-7-14(17(19)20)9-15(18)8-12/h3-9,11H,10H2,1-2H3,(H3,19,20). The summed E-state index contributed by atoms with van der Waals surface area (Å²) in [7, 11) is 0. The lowest BCUT2D eigenvalue weighted by Crippen LogP contribution is -2.12. The first-order valence-corrected chi connectivity index (χ1v) is 6.82. The zero-order chi connectivity index (χ0) is 15.4. The Balaban J connectivity index is 2.07. The second-order valence-corrected chi connectivity index (χ2v) is 5.27. The maximum atomic E-state index is 13.4. The van der Waals surface area contributed by atoms with Crippen molar-refractivity contribution >= 4 is 5.84 Å². The molecule has 2 rings (SSSR count). The molecule has 0 unspecified atom stereocenters. The highest BCUT2D eigenvalue weighted by molar-refractivity contribution is 5.95. The Morgan fingerprint density at radius 1 is 1.19 bits per heavy atom. The van der Waals surface area contributed by atoms with Crippen LogP contribution in [0.5, 0.6) is 5.75 Å². The molecule has 0 radical (unpaired) electrons. The van der Waals surface area contributed by atoms with Gasteiger partial charge in [-0.2, -0.15) is 0 Å². The molecular weight excluding hydrogens is 267 g/mol. The Hall–Kier alpha value is -2.36. The summed E-state index contributed by atoms with van der Waals surface area (Å²) in [6.07, 6.45) is 0. The van der Waals surface area contributed by atoms with Gasteiger partial charge in [0.1, 0.15) is 24.0 Å². The van der Waals surface area contributed by atoms with E-state index in [1.54, 1.807) is 6.07 Å². The molecule has 4 heteroatoms. The van der Waals surface area contributed by atoms with E-state index in [0.717, 1.165) is 5.75 Å². The largest absolute Gasteiger partial charge is 0.489 e. The molecule has 2 aromatic carbocycles. The van der Waals surface area contributed by atoms with Crippen LogP contribution in [0.15, 0.2) is 42.5 Å². The summed E-state index contributed by atoms with van der Waals surface area (Å²) in [5.41, 5.74) is 7.63. The van der Waals surface area contributed by atoms with Gasteiger partial charge in [-0.25, -0.2) is 4.39 Å². The van der Waals surface area contributed by atoms with Gasteiger partial charge < -0.3 is 10.5 Å². The highest BCUT2D eigenvalue weighted by Crippen LogP contribution is 2.20. The predicted molar refractivity (Wildman–Crippen MR) is 82.3 cm³/mol. The molecule has 0 heterocycles. The fraction of sp³-hybridized carbons (Fsp3) is 0.235. The van der Waals surface area contributed by atoms with E-state index in [-0.39, 0.29) is 12.4 Å². The lowest BCUT2D eigenvalue weighted by molar-refractivity contribution is 0.305. The third-order valence-corrected chi connectivity index (χ3v) is 3.22. The lowest BCUT2D eigenvalue weighted by atomic mass is 10.0. The average Bonchev–Trinajstić information content (AvgIpc) is 2.45. The Morgan fingerprint density at radius 3 is 2.43 bits per heavy atom. The number of nitrogens with two attached hydrogens (primary N) is 1. The maximum Gasteiger partial charge on any atom is 0.124 e. The lowest BCUT2D eigenvalue weighted by Gasteiger charge is -2.10. The number of ether oxygens (including phenoxy) is 1. The number of hydrogen-bond acceptors (Lipinski definition) is 2. The van der Waals surface area contributed by atoms with Gasteiger partial charge in [0.25, 0.3) is 0 Å². The van der Waals surface area contributed by atoms with E-state index in [2.05, 4.69) is 13.8 Å². The normalized spacial score (nSPS) is 10.7. The minimum Gasteiger partial charge on any atom is -0.489 e. The van der Waals surface area contributed by atoms with E-state index in [0.29, 0.717) is 17.0 Å². The zero-order valence-corrected chi connectivity index (χ0v) is 12.2. The van der Waals surface area contributed by atoms with Gasteiger partial charge in [0.05, 0.1) is 0 Å². The summed E-state index contributed by atoms with van der Waals surface area (Å²) in [5.74, 6) is 0.627. The number of nitrogen functional groups attached to an aromatic ring is 1. The quantitative estimate of drug-likeness (QED) is 0.648. The van der Waals surface area contributed by atoms with Gasteiger partial charge in [0.2, 0.25) is 0 Å². The number of amidine groups is 1. The molecule has 0 spiro atoms. The third kappa shape index (κ3) is 4.05. The summed E-state index contributed by atoms with van der Waals surface area (Å²) in [6.45, 7) is 4.50. The molecule has 21 heavy (non-hydrogen) atoms. The van der Waals surface area contributed by atoms with Gasteiger partial charge in [-0.3, -0.25) is 5.41 Å². The van der Waals surface area contributed by atoms with E-state index < -0.39 is 5.82 Å². The Labute approximate surface area is 124 Å². The molecule has 0 fully saturated rings. The van der Waals surface area contributed by atoms with Crippen LogP contribution in [-0.4, -0.2) is 5.84 Å². The second-order valence-electron chi connectivity index (χ2n) is 5.27.